The lowest BCUT2D eigenvalue weighted by Gasteiger charge is -2.25. The largest absolute Gasteiger partial charge is 0.436 e. The Kier molecular flexibility index (Phi) is 5.06. The van der Waals surface area contributed by atoms with Crippen LogP contribution in [-0.4, -0.2) is 60.7 Å². The molecule has 3 atom stereocenters. The summed E-state index contributed by atoms with van der Waals surface area (Å²) in [5, 5.41) is 8.22. The van der Waals surface area contributed by atoms with Gasteiger partial charge >= 0.3 is 12.3 Å². The summed E-state index contributed by atoms with van der Waals surface area (Å²) in [5.74, 6) is -0.975. The lowest BCUT2D eigenvalue weighted by molar-refractivity contribution is -0.142. The van der Waals surface area contributed by atoms with Crippen LogP contribution >= 0.6 is 0 Å². The number of amides is 2. The molecule has 3 aromatic rings. The Bertz CT molecular complexity index is 1300. The van der Waals surface area contributed by atoms with E-state index in [-0.39, 0.29) is 35.6 Å². The number of hydrogen-bond donors (Lipinski definition) is 1. The van der Waals surface area contributed by atoms with Gasteiger partial charge in [0.2, 0.25) is 0 Å². The molecule has 0 radical (unpaired) electrons. The molecule has 2 N–H and O–H groups in total. The van der Waals surface area contributed by atoms with Crippen molar-refractivity contribution in [3.8, 4) is 0 Å². The molecule has 2 fully saturated rings. The first-order chi connectivity index (χ1) is 16.1. The molecule has 1 saturated carbocycles. The van der Waals surface area contributed by atoms with Crippen molar-refractivity contribution in [2.24, 2.45) is 11.7 Å². The van der Waals surface area contributed by atoms with Crippen LogP contribution in [-0.2, 0) is 17.8 Å². The van der Waals surface area contributed by atoms with E-state index in [2.05, 4.69) is 10.2 Å². The molecule has 34 heavy (non-hydrogen) atoms. The van der Waals surface area contributed by atoms with Gasteiger partial charge in [0.05, 0.1) is 18.2 Å². The van der Waals surface area contributed by atoms with Gasteiger partial charge in [-0.25, -0.2) is 4.79 Å². The summed E-state index contributed by atoms with van der Waals surface area (Å²) in [4.78, 5) is 45.4. The number of aromatic nitrogens is 4. The molecule has 2 amide bonds. The molecule has 0 spiro atoms. The highest BCUT2D eigenvalue weighted by molar-refractivity contribution is 6.04. The molecule has 10 nitrogen and oxygen atoms in total. The average Bonchev–Trinajstić information content (AvgIpc) is 3.08. The third-order valence-electron chi connectivity index (χ3n) is 6.03. The third-order valence-corrected chi connectivity index (χ3v) is 6.03. The maximum Gasteiger partial charge on any atom is 0.436 e. The summed E-state index contributed by atoms with van der Waals surface area (Å²) < 4.78 is 38.4. The Hall–Kier alpha value is -3.90. The van der Waals surface area contributed by atoms with E-state index in [1.165, 1.54) is 11.0 Å². The third kappa shape index (κ3) is 4.08. The maximum absolute atomic E-state index is 13.0. The molecule has 0 bridgehead atoms. The molecule has 1 aromatic carbocycles. The van der Waals surface area contributed by atoms with Crippen LogP contribution in [0.25, 0.3) is 10.9 Å². The molecule has 0 unspecified atom stereocenters. The number of likely N-dealkylation sites (tertiary alicyclic amines) is 1. The van der Waals surface area contributed by atoms with Gasteiger partial charge in [-0.1, -0.05) is 23.0 Å². The molecule has 178 valence electrons. The first kappa shape index (κ1) is 21.9. The van der Waals surface area contributed by atoms with Gasteiger partial charge in [-0.3, -0.25) is 24.0 Å². The van der Waals surface area contributed by atoms with E-state index >= 15 is 0 Å². The van der Waals surface area contributed by atoms with E-state index in [1.807, 2.05) is 0 Å². The maximum atomic E-state index is 13.0. The molecular formula is C21H19F3N6O4. The van der Waals surface area contributed by atoms with E-state index in [0.717, 1.165) is 22.1 Å². The van der Waals surface area contributed by atoms with Gasteiger partial charge in [0, 0.05) is 17.6 Å². The molecule has 2 aliphatic rings. The fourth-order valence-corrected chi connectivity index (χ4v) is 4.48. The quantitative estimate of drug-likeness (QED) is 0.578. The monoisotopic (exact) mass is 476 g/mol. The van der Waals surface area contributed by atoms with Gasteiger partial charge in [0.1, 0.15) is 12.1 Å². The summed E-state index contributed by atoms with van der Waals surface area (Å²) in [7, 11) is 0. The number of halogens is 3. The summed E-state index contributed by atoms with van der Waals surface area (Å²) in [5.41, 5.74) is 5.85. The Labute approximate surface area is 190 Å². The average molecular weight is 476 g/mol. The highest BCUT2D eigenvalue weighted by Gasteiger charge is 2.56. The van der Waals surface area contributed by atoms with Crippen LogP contribution in [0.5, 0.6) is 0 Å². The molecule has 1 saturated heterocycles. The van der Waals surface area contributed by atoms with Crippen LogP contribution in [0, 0.1) is 5.92 Å². The number of carbonyl (C=O) groups excluding carboxylic acids is 3. The number of nitrogens with zero attached hydrogens (tertiary/aromatic N) is 5. The Morgan fingerprint density at radius 3 is 2.62 bits per heavy atom. The predicted octanol–water partition coefficient (Wildman–Crippen LogP) is 1.72. The normalized spacial score (nSPS) is 21.5. The van der Waals surface area contributed by atoms with Gasteiger partial charge in [0.25, 0.3) is 5.91 Å². The number of nitrogens with two attached hydrogens (primary N) is 1. The lowest BCUT2D eigenvalue weighted by atomic mass is 10.0. The first-order valence-electron chi connectivity index (χ1n) is 10.5. The number of alkyl halides is 3. The van der Waals surface area contributed by atoms with E-state index in [1.54, 1.807) is 24.3 Å². The highest BCUT2D eigenvalue weighted by Crippen LogP contribution is 2.48. The second-order valence-corrected chi connectivity index (χ2v) is 8.44. The number of rotatable bonds is 6. The molecule has 13 heteroatoms. The lowest BCUT2D eigenvalue weighted by Crippen LogP contribution is -2.47. The molecule has 3 heterocycles. The minimum absolute atomic E-state index is 0.0591. The topological polar surface area (TPSA) is 125 Å². The highest BCUT2D eigenvalue weighted by atomic mass is 19.4. The number of fused-ring (bicyclic) bond motifs is 2. The zero-order valence-electron chi connectivity index (χ0n) is 17.6. The molecule has 1 aliphatic heterocycles. The zero-order valence-corrected chi connectivity index (χ0v) is 17.6. The Balaban J connectivity index is 1.32. The fraction of sp³-hybridized carbons (Fsp3) is 0.381. The second-order valence-electron chi connectivity index (χ2n) is 8.44. The summed E-state index contributed by atoms with van der Waals surface area (Å²) >= 11 is 0. The van der Waals surface area contributed by atoms with Gasteiger partial charge < -0.3 is 5.73 Å². The SMILES string of the molecule is NC(=O)c1nn(OC(=O)N2[C@@H]3C[C@@H]3C[C@H]2C(=O)Cc2ccn(CC(F)(F)F)n2)c2ccccc12. The minimum atomic E-state index is -4.42. The Morgan fingerprint density at radius 2 is 1.88 bits per heavy atom. The molecule has 2 aromatic heterocycles. The van der Waals surface area contributed by atoms with Crippen LogP contribution < -0.4 is 10.6 Å². The van der Waals surface area contributed by atoms with Crippen molar-refractivity contribution in [1.82, 2.24) is 24.6 Å². The standard InChI is InChI=1S/C21H19F3N6O4/c22-21(23,24)10-28-6-5-12(26-28)9-17(31)16-8-11-7-15(11)29(16)20(33)34-30-14-4-2-1-3-13(14)18(27-30)19(25)32/h1-6,11,15-16H,7-10H2,(H2,25,32)/t11-,15-,16+/m1/s1. The Morgan fingerprint density at radius 1 is 1.12 bits per heavy atom. The van der Waals surface area contributed by atoms with Crippen LogP contribution in [0.4, 0.5) is 18.0 Å². The molecular weight excluding hydrogens is 457 g/mol. The minimum Gasteiger partial charge on any atom is -0.364 e. The van der Waals surface area contributed by atoms with E-state index < -0.39 is 30.8 Å². The number of Topliss-reactive ketones (excluding diaryl/α,β-unsaturated/α-hetero) is 1. The number of piperidine rings is 1. The second kappa shape index (κ2) is 7.85. The van der Waals surface area contributed by atoms with Gasteiger partial charge in [-0.2, -0.15) is 18.3 Å². The van der Waals surface area contributed by atoms with E-state index in [9.17, 15) is 27.6 Å². The van der Waals surface area contributed by atoms with Crippen molar-refractivity contribution in [2.75, 3.05) is 0 Å². The van der Waals surface area contributed by atoms with Gasteiger partial charge in [0.15, 0.2) is 11.5 Å². The fourth-order valence-electron chi connectivity index (χ4n) is 4.48. The van der Waals surface area contributed by atoms with E-state index in [4.69, 9.17) is 10.6 Å². The van der Waals surface area contributed by atoms with Crippen molar-refractivity contribution in [3.63, 3.8) is 0 Å². The van der Waals surface area contributed by atoms with Gasteiger partial charge in [-0.15, -0.1) is 5.10 Å². The van der Waals surface area contributed by atoms with Crippen LogP contribution in [0.3, 0.4) is 0 Å². The van der Waals surface area contributed by atoms with Gasteiger partial charge in [-0.05, 0) is 30.9 Å². The van der Waals surface area contributed by atoms with Crippen molar-refractivity contribution in [3.05, 3.63) is 47.9 Å². The number of benzene rings is 1. The summed E-state index contributed by atoms with van der Waals surface area (Å²) in [6.45, 7) is -1.25. The van der Waals surface area contributed by atoms with Crippen molar-refractivity contribution < 1.29 is 32.4 Å². The number of carbonyl (C=O) groups is 3. The molecule has 5 rings (SSSR count). The van der Waals surface area contributed by atoms with Crippen LogP contribution in [0.2, 0.25) is 0 Å². The molecule has 1 aliphatic carbocycles. The number of para-hydroxylation sites is 1. The smallest absolute Gasteiger partial charge is 0.364 e. The number of ketones is 1. The summed E-state index contributed by atoms with van der Waals surface area (Å²) in [6.07, 6.45) is -3.12. The zero-order chi connectivity index (χ0) is 24.2. The van der Waals surface area contributed by atoms with Crippen LogP contribution in [0.15, 0.2) is 36.5 Å². The van der Waals surface area contributed by atoms with E-state index in [0.29, 0.717) is 17.3 Å². The van der Waals surface area contributed by atoms with Crippen molar-refractivity contribution >= 4 is 28.7 Å². The number of hydrogen-bond acceptors (Lipinski definition) is 6. The van der Waals surface area contributed by atoms with Crippen LogP contribution in [0.1, 0.15) is 29.0 Å². The van der Waals surface area contributed by atoms with Crippen molar-refractivity contribution in [2.45, 2.75) is 44.1 Å². The first-order valence-corrected chi connectivity index (χ1v) is 10.5. The predicted molar refractivity (Wildman–Crippen MR) is 109 cm³/mol. The van der Waals surface area contributed by atoms with Crippen molar-refractivity contribution in [1.29, 1.82) is 0 Å². The number of primary amides is 1. The summed E-state index contributed by atoms with van der Waals surface area (Å²) in [6, 6.07) is 6.97.